The van der Waals surface area contributed by atoms with E-state index in [9.17, 15) is 4.79 Å². The minimum Gasteiger partial charge on any atom is -0.306 e. The largest absolute Gasteiger partial charge is 0.306 e. The molecule has 1 aliphatic heterocycles. The van der Waals surface area contributed by atoms with Gasteiger partial charge < -0.3 is 10.6 Å². The van der Waals surface area contributed by atoms with Crippen LogP contribution in [0.5, 0.6) is 0 Å². The van der Waals surface area contributed by atoms with Gasteiger partial charge in [-0.2, -0.15) is 0 Å². The van der Waals surface area contributed by atoms with Crippen LogP contribution in [0.15, 0.2) is 30.3 Å². The summed E-state index contributed by atoms with van der Waals surface area (Å²) < 4.78 is 0. The molecule has 2 N–H and O–H groups in total. The fourth-order valence-electron chi connectivity index (χ4n) is 2.47. The molecule has 19 heavy (non-hydrogen) atoms. The topological polar surface area (TPSA) is 51.0 Å². The number of carbonyl (C=O) groups excluding carboxylic acids is 1. The fourth-order valence-corrected chi connectivity index (χ4v) is 2.47. The van der Waals surface area contributed by atoms with Gasteiger partial charge in [0, 0.05) is 18.6 Å². The van der Waals surface area contributed by atoms with E-state index < -0.39 is 0 Å². The van der Waals surface area contributed by atoms with Crippen LogP contribution in [0.3, 0.4) is 0 Å². The highest BCUT2D eigenvalue weighted by atomic mass is 16.1. The lowest BCUT2D eigenvalue weighted by molar-refractivity contribution is -0.119. The molecule has 3 atom stereocenters. The van der Waals surface area contributed by atoms with E-state index in [1.54, 1.807) is 6.92 Å². The highest BCUT2D eigenvalue weighted by Crippen LogP contribution is 2.28. The molecule has 0 aliphatic carbocycles. The Hall–Kier alpha value is -1.19. The number of hydrogen-bond acceptors (Lipinski definition) is 3. The van der Waals surface area contributed by atoms with Gasteiger partial charge in [-0.05, 0) is 24.8 Å². The SMILES string of the molecule is CC(=O)[C@@H](CC(C)C)NC[C@@H]1NC1c1ccccc1. The van der Waals surface area contributed by atoms with Crippen LogP contribution in [0.25, 0.3) is 0 Å². The zero-order valence-corrected chi connectivity index (χ0v) is 12.0. The van der Waals surface area contributed by atoms with E-state index in [2.05, 4.69) is 48.7 Å². The first-order valence-electron chi connectivity index (χ1n) is 7.12. The predicted octanol–water partition coefficient (Wildman–Crippen LogP) is 2.29. The van der Waals surface area contributed by atoms with Crippen LogP contribution in [0.2, 0.25) is 0 Å². The molecule has 104 valence electrons. The molecule has 1 fully saturated rings. The molecule has 1 heterocycles. The zero-order chi connectivity index (χ0) is 13.8. The van der Waals surface area contributed by atoms with Crippen molar-refractivity contribution in [3.05, 3.63) is 35.9 Å². The number of Topliss-reactive ketones (excluding diaryl/α,β-unsaturated/α-hetero) is 1. The lowest BCUT2D eigenvalue weighted by atomic mass is 10.0. The third-order valence-corrected chi connectivity index (χ3v) is 3.63. The number of carbonyl (C=O) groups is 1. The van der Waals surface area contributed by atoms with Crippen LogP contribution >= 0.6 is 0 Å². The number of ketones is 1. The Kier molecular flexibility index (Phi) is 4.72. The summed E-state index contributed by atoms with van der Waals surface area (Å²) >= 11 is 0. The molecule has 1 aromatic rings. The average Bonchev–Trinajstić information content (AvgIpc) is 3.14. The van der Waals surface area contributed by atoms with Crippen LogP contribution in [-0.2, 0) is 4.79 Å². The van der Waals surface area contributed by atoms with E-state index in [-0.39, 0.29) is 11.8 Å². The van der Waals surface area contributed by atoms with E-state index >= 15 is 0 Å². The van der Waals surface area contributed by atoms with Crippen LogP contribution in [0, 0.1) is 5.92 Å². The minimum atomic E-state index is -0.00109. The second-order valence-corrected chi connectivity index (χ2v) is 5.86. The highest BCUT2D eigenvalue weighted by molar-refractivity contribution is 5.81. The van der Waals surface area contributed by atoms with Crippen molar-refractivity contribution in [3.8, 4) is 0 Å². The second-order valence-electron chi connectivity index (χ2n) is 5.86. The molecule has 0 spiro atoms. The van der Waals surface area contributed by atoms with Crippen molar-refractivity contribution in [1.82, 2.24) is 10.6 Å². The Morgan fingerprint density at radius 2 is 2.00 bits per heavy atom. The van der Waals surface area contributed by atoms with Gasteiger partial charge >= 0.3 is 0 Å². The Morgan fingerprint density at radius 3 is 2.58 bits per heavy atom. The molecule has 0 saturated carbocycles. The summed E-state index contributed by atoms with van der Waals surface area (Å²) in [7, 11) is 0. The van der Waals surface area contributed by atoms with Crippen LogP contribution in [-0.4, -0.2) is 24.4 Å². The molecule has 1 aliphatic rings. The summed E-state index contributed by atoms with van der Waals surface area (Å²) in [6, 6.07) is 11.4. The Labute approximate surface area is 115 Å². The first-order chi connectivity index (χ1) is 9.08. The van der Waals surface area contributed by atoms with Gasteiger partial charge in [-0.3, -0.25) is 4.79 Å². The normalized spacial score (nSPS) is 23.4. The van der Waals surface area contributed by atoms with Crippen molar-refractivity contribution in [2.75, 3.05) is 6.54 Å². The number of nitrogens with one attached hydrogen (secondary N) is 2. The molecule has 1 saturated heterocycles. The maximum absolute atomic E-state index is 11.6. The molecule has 0 bridgehead atoms. The van der Waals surface area contributed by atoms with E-state index in [4.69, 9.17) is 0 Å². The third kappa shape index (κ3) is 4.15. The summed E-state index contributed by atoms with van der Waals surface area (Å²) in [5.41, 5.74) is 1.33. The van der Waals surface area contributed by atoms with Gasteiger partial charge in [0.05, 0.1) is 6.04 Å². The lowest BCUT2D eigenvalue weighted by Crippen LogP contribution is -2.39. The molecule has 0 radical (unpaired) electrons. The monoisotopic (exact) mass is 260 g/mol. The number of rotatable bonds is 7. The maximum Gasteiger partial charge on any atom is 0.146 e. The number of benzene rings is 1. The number of hydrogen-bond donors (Lipinski definition) is 2. The van der Waals surface area contributed by atoms with Crippen molar-refractivity contribution in [1.29, 1.82) is 0 Å². The Balaban J connectivity index is 1.79. The van der Waals surface area contributed by atoms with E-state index in [1.165, 1.54) is 5.56 Å². The van der Waals surface area contributed by atoms with Crippen molar-refractivity contribution >= 4 is 5.78 Å². The van der Waals surface area contributed by atoms with Crippen molar-refractivity contribution < 1.29 is 4.79 Å². The summed E-state index contributed by atoms with van der Waals surface area (Å²) in [5, 5.41) is 6.86. The second kappa shape index (κ2) is 6.31. The lowest BCUT2D eigenvalue weighted by Gasteiger charge is -2.17. The molecule has 0 amide bonds. The average molecular weight is 260 g/mol. The third-order valence-electron chi connectivity index (χ3n) is 3.63. The zero-order valence-electron chi connectivity index (χ0n) is 12.0. The quantitative estimate of drug-likeness (QED) is 0.740. The summed E-state index contributed by atoms with van der Waals surface area (Å²) in [6.07, 6.45) is 0.915. The van der Waals surface area contributed by atoms with Crippen molar-refractivity contribution in [2.45, 2.75) is 45.3 Å². The predicted molar refractivity (Wildman–Crippen MR) is 78.0 cm³/mol. The highest BCUT2D eigenvalue weighted by Gasteiger charge is 2.37. The molecule has 1 unspecified atom stereocenters. The molecular formula is C16H24N2O. The fraction of sp³-hybridized carbons (Fsp3) is 0.562. The molecular weight excluding hydrogens is 236 g/mol. The smallest absolute Gasteiger partial charge is 0.146 e. The van der Waals surface area contributed by atoms with Crippen molar-refractivity contribution in [2.24, 2.45) is 5.92 Å². The molecule has 2 rings (SSSR count). The summed E-state index contributed by atoms with van der Waals surface area (Å²) in [4.78, 5) is 11.6. The van der Waals surface area contributed by atoms with Crippen LogP contribution < -0.4 is 10.6 Å². The summed E-state index contributed by atoms with van der Waals surface area (Å²) in [5.74, 6) is 0.782. The van der Waals surface area contributed by atoms with Gasteiger partial charge in [0.2, 0.25) is 0 Å². The first-order valence-corrected chi connectivity index (χ1v) is 7.12. The Morgan fingerprint density at radius 1 is 1.32 bits per heavy atom. The van der Waals surface area contributed by atoms with Crippen molar-refractivity contribution in [3.63, 3.8) is 0 Å². The van der Waals surface area contributed by atoms with E-state index in [0.717, 1.165) is 13.0 Å². The molecule has 3 heteroatoms. The molecule has 0 aromatic heterocycles. The maximum atomic E-state index is 11.6. The van der Waals surface area contributed by atoms with Crippen LogP contribution in [0.1, 0.15) is 38.8 Å². The molecule has 3 nitrogen and oxygen atoms in total. The standard InChI is InChI=1S/C16H24N2O/c1-11(2)9-14(12(3)19)17-10-15-16(18-15)13-7-5-4-6-8-13/h4-8,11,14-18H,9-10H2,1-3H3/t14-,15+,16?/m1/s1. The van der Waals surface area contributed by atoms with Gasteiger partial charge in [0.15, 0.2) is 0 Å². The first kappa shape index (κ1) is 14.2. The minimum absolute atomic E-state index is 0.00109. The van der Waals surface area contributed by atoms with Crippen LogP contribution in [0.4, 0.5) is 0 Å². The Bertz CT molecular complexity index is 416. The van der Waals surface area contributed by atoms with Gasteiger partial charge in [-0.15, -0.1) is 0 Å². The van der Waals surface area contributed by atoms with Gasteiger partial charge in [-0.1, -0.05) is 44.2 Å². The van der Waals surface area contributed by atoms with Gasteiger partial charge in [0.1, 0.15) is 5.78 Å². The van der Waals surface area contributed by atoms with E-state index in [0.29, 0.717) is 18.0 Å². The van der Waals surface area contributed by atoms with E-state index in [1.807, 2.05) is 6.07 Å². The summed E-state index contributed by atoms with van der Waals surface area (Å²) in [6.45, 7) is 6.84. The van der Waals surface area contributed by atoms with Gasteiger partial charge in [-0.25, -0.2) is 0 Å². The van der Waals surface area contributed by atoms with Gasteiger partial charge in [0.25, 0.3) is 0 Å². The molecule has 1 aromatic carbocycles.